The van der Waals surface area contributed by atoms with E-state index in [0.717, 1.165) is 17.1 Å². The molecule has 0 radical (unpaired) electrons. The number of aromatic nitrogens is 1. The van der Waals surface area contributed by atoms with Gasteiger partial charge in [0.25, 0.3) is 15.9 Å². The molecule has 1 aromatic heterocycles. The zero-order valence-electron chi connectivity index (χ0n) is 24.4. The van der Waals surface area contributed by atoms with E-state index in [2.05, 4.69) is 15.6 Å². The number of rotatable bonds is 8. The second-order valence-corrected chi connectivity index (χ2v) is 13.4. The molecular weight excluding hydrogens is 606 g/mol. The quantitative estimate of drug-likeness (QED) is 0.337. The van der Waals surface area contributed by atoms with Crippen LogP contribution in [0.1, 0.15) is 47.3 Å². The number of anilines is 2. The van der Waals surface area contributed by atoms with Crippen LogP contribution in [0.15, 0.2) is 59.6 Å². The van der Waals surface area contributed by atoms with Crippen LogP contribution in [0.2, 0.25) is 5.02 Å². The lowest BCUT2D eigenvalue weighted by molar-refractivity contribution is -0.125. The Morgan fingerprint density at radius 2 is 1.77 bits per heavy atom. The van der Waals surface area contributed by atoms with E-state index in [1.165, 1.54) is 18.3 Å². The van der Waals surface area contributed by atoms with Gasteiger partial charge in [-0.15, -0.1) is 0 Å². The van der Waals surface area contributed by atoms with Gasteiger partial charge < -0.3 is 20.6 Å². The summed E-state index contributed by atoms with van der Waals surface area (Å²) in [7, 11) is -4.27. The normalized spacial score (nSPS) is 17.2. The van der Waals surface area contributed by atoms with Crippen LogP contribution in [-0.2, 0) is 19.6 Å². The molecule has 1 fully saturated rings. The van der Waals surface area contributed by atoms with Crippen molar-refractivity contribution in [3.8, 4) is 5.75 Å². The van der Waals surface area contributed by atoms with E-state index in [1.807, 2.05) is 0 Å². The number of sulfonamides is 1. The minimum absolute atomic E-state index is 0.00248. The van der Waals surface area contributed by atoms with Crippen molar-refractivity contribution < 1.29 is 27.9 Å². The van der Waals surface area contributed by atoms with Crippen LogP contribution in [0.4, 0.5) is 11.4 Å². The lowest BCUT2D eigenvalue weighted by Crippen LogP contribution is -2.53. The average Bonchev–Trinajstić information content (AvgIpc) is 2.97. The fraction of sp³-hybridized carbons (Fsp3) is 0.355. The molecule has 0 spiro atoms. The Kier molecular flexibility index (Phi) is 9.12. The molecule has 2 aliphatic rings. The van der Waals surface area contributed by atoms with Gasteiger partial charge in [-0.2, -0.15) is 0 Å². The smallest absolute Gasteiger partial charge is 0.272 e. The van der Waals surface area contributed by atoms with Gasteiger partial charge in [0, 0.05) is 24.7 Å². The monoisotopic (exact) mass is 639 g/mol. The standard InChI is InChI=1S/C31H34ClN5O6S/c1-19-15-22(32)16-20(2)29(19)44(42,43)37-26-6-4-3-5-24(26)35-30(40)27(37)17-28(39)33-12-9-21-10-13-36(14-11-21)31(41)25-8-7-23(38)18-34-25/h3-8,15-16,18,21,27,38H,9-14,17H2,1-2H3,(H,33,39)(H,35,40). The van der Waals surface area contributed by atoms with Crippen LogP contribution >= 0.6 is 11.6 Å². The first-order valence-electron chi connectivity index (χ1n) is 14.4. The van der Waals surface area contributed by atoms with Gasteiger partial charge in [-0.3, -0.25) is 18.7 Å². The Bertz CT molecular complexity index is 1670. The molecule has 3 aromatic rings. The molecule has 2 aromatic carbocycles. The van der Waals surface area contributed by atoms with Gasteiger partial charge in [0.2, 0.25) is 11.8 Å². The number of nitrogens with zero attached hydrogens (tertiary/aromatic N) is 3. The predicted octanol–water partition coefficient (Wildman–Crippen LogP) is 4.02. The van der Waals surface area contributed by atoms with E-state index in [0.29, 0.717) is 47.9 Å². The number of likely N-dealkylation sites (tertiary alicyclic amines) is 1. The summed E-state index contributed by atoms with van der Waals surface area (Å²) < 4.78 is 29.4. The zero-order chi connectivity index (χ0) is 31.6. The Labute approximate surface area is 261 Å². The number of para-hydroxylation sites is 2. The van der Waals surface area contributed by atoms with Gasteiger partial charge in [-0.1, -0.05) is 23.7 Å². The minimum atomic E-state index is -4.27. The van der Waals surface area contributed by atoms with Crippen molar-refractivity contribution in [3.63, 3.8) is 0 Å². The van der Waals surface area contributed by atoms with E-state index < -0.39 is 27.9 Å². The molecule has 1 unspecified atom stereocenters. The van der Waals surface area contributed by atoms with E-state index >= 15 is 0 Å². The highest BCUT2D eigenvalue weighted by Gasteiger charge is 2.43. The van der Waals surface area contributed by atoms with E-state index in [9.17, 15) is 27.9 Å². The summed E-state index contributed by atoms with van der Waals surface area (Å²) in [4.78, 5) is 44.8. The van der Waals surface area contributed by atoms with Gasteiger partial charge in [-0.25, -0.2) is 13.4 Å². The summed E-state index contributed by atoms with van der Waals surface area (Å²) in [6, 6.07) is 11.3. The number of hydrogen-bond donors (Lipinski definition) is 3. The Morgan fingerprint density at radius 1 is 1.09 bits per heavy atom. The van der Waals surface area contributed by atoms with Gasteiger partial charge in [0.15, 0.2) is 0 Å². The SMILES string of the molecule is Cc1cc(Cl)cc(C)c1S(=O)(=O)N1c2ccccc2NC(=O)C1CC(=O)NCCC1CCN(C(=O)c2ccc(O)cn2)CC1. The first kappa shape index (κ1) is 31.3. The van der Waals surface area contributed by atoms with Crippen molar-refractivity contribution in [1.29, 1.82) is 0 Å². The molecule has 0 bridgehead atoms. The fourth-order valence-electron chi connectivity index (χ4n) is 5.90. The molecular formula is C31H34ClN5O6S. The molecule has 44 heavy (non-hydrogen) atoms. The summed E-state index contributed by atoms with van der Waals surface area (Å²) >= 11 is 6.16. The summed E-state index contributed by atoms with van der Waals surface area (Å²) in [5.41, 5.74) is 1.78. The number of aromatic hydroxyl groups is 1. The van der Waals surface area contributed by atoms with Crippen molar-refractivity contribution in [2.45, 2.75) is 50.5 Å². The second kappa shape index (κ2) is 12.8. The molecule has 0 saturated carbocycles. The first-order valence-corrected chi connectivity index (χ1v) is 16.2. The van der Waals surface area contributed by atoms with Crippen molar-refractivity contribution in [1.82, 2.24) is 15.2 Å². The largest absolute Gasteiger partial charge is 0.506 e. The highest BCUT2D eigenvalue weighted by molar-refractivity contribution is 7.93. The molecule has 3 N–H and O–H groups in total. The van der Waals surface area contributed by atoms with Crippen LogP contribution in [0.3, 0.4) is 0 Å². The molecule has 0 aliphatic carbocycles. The fourth-order valence-corrected chi connectivity index (χ4v) is 8.28. The van der Waals surface area contributed by atoms with Crippen molar-refractivity contribution in [2.75, 3.05) is 29.3 Å². The number of nitrogens with one attached hydrogen (secondary N) is 2. The highest BCUT2D eigenvalue weighted by atomic mass is 35.5. The van der Waals surface area contributed by atoms with Gasteiger partial charge in [-0.05, 0) is 86.6 Å². The number of piperidine rings is 1. The number of pyridine rings is 1. The van der Waals surface area contributed by atoms with Crippen molar-refractivity contribution in [2.24, 2.45) is 5.92 Å². The third-order valence-corrected chi connectivity index (χ3v) is 10.4. The van der Waals surface area contributed by atoms with E-state index in [1.54, 1.807) is 55.1 Å². The second-order valence-electron chi connectivity index (χ2n) is 11.2. The maximum Gasteiger partial charge on any atom is 0.272 e. The molecule has 11 nitrogen and oxygen atoms in total. The number of carbonyl (C=O) groups is 3. The summed E-state index contributed by atoms with van der Waals surface area (Å²) in [6.45, 7) is 4.75. The number of aryl methyl sites for hydroxylation is 2. The Morgan fingerprint density at radius 3 is 2.43 bits per heavy atom. The highest BCUT2D eigenvalue weighted by Crippen LogP contribution is 2.39. The lowest BCUT2D eigenvalue weighted by Gasteiger charge is -2.37. The topological polar surface area (TPSA) is 149 Å². The van der Waals surface area contributed by atoms with Crippen LogP contribution < -0.4 is 14.9 Å². The third-order valence-electron chi connectivity index (χ3n) is 8.05. The third kappa shape index (κ3) is 6.51. The van der Waals surface area contributed by atoms with Gasteiger partial charge in [0.1, 0.15) is 17.5 Å². The molecule has 5 rings (SSSR count). The molecule has 13 heteroatoms. The average molecular weight is 640 g/mol. The van der Waals surface area contributed by atoms with E-state index in [-0.39, 0.29) is 40.3 Å². The number of carbonyl (C=O) groups excluding carboxylic acids is 3. The van der Waals surface area contributed by atoms with Crippen LogP contribution in [0.5, 0.6) is 5.75 Å². The first-order chi connectivity index (χ1) is 21.0. The van der Waals surface area contributed by atoms with Crippen LogP contribution in [-0.4, -0.2) is 66.8 Å². The Balaban J connectivity index is 1.23. The van der Waals surface area contributed by atoms with Crippen molar-refractivity contribution in [3.05, 3.63) is 76.6 Å². The minimum Gasteiger partial charge on any atom is -0.506 e. The molecule has 1 atom stereocenters. The number of benzene rings is 2. The van der Waals surface area contributed by atoms with Crippen molar-refractivity contribution >= 4 is 50.7 Å². The summed E-state index contributed by atoms with van der Waals surface area (Å²) in [5.74, 6) is -0.943. The summed E-state index contributed by atoms with van der Waals surface area (Å²) in [5, 5.41) is 15.4. The molecule has 1 saturated heterocycles. The van der Waals surface area contributed by atoms with Crippen LogP contribution in [0.25, 0.3) is 0 Å². The number of amides is 3. The maximum atomic E-state index is 14.2. The van der Waals surface area contributed by atoms with Gasteiger partial charge >= 0.3 is 0 Å². The zero-order valence-corrected chi connectivity index (χ0v) is 26.0. The Hall–Kier alpha value is -4.16. The molecule has 232 valence electrons. The number of fused-ring (bicyclic) bond motifs is 1. The van der Waals surface area contributed by atoms with Gasteiger partial charge in [0.05, 0.1) is 28.9 Å². The molecule has 2 aliphatic heterocycles. The number of halogens is 1. The van der Waals surface area contributed by atoms with E-state index in [4.69, 9.17) is 11.6 Å². The molecule has 3 heterocycles. The van der Waals surface area contributed by atoms with Crippen LogP contribution in [0, 0.1) is 19.8 Å². The summed E-state index contributed by atoms with van der Waals surface area (Å²) in [6.07, 6.45) is 3.07. The molecule has 3 amide bonds. The lowest BCUT2D eigenvalue weighted by atomic mass is 9.93. The predicted molar refractivity (Wildman–Crippen MR) is 166 cm³/mol. The maximum absolute atomic E-state index is 14.2. The number of hydrogen-bond acceptors (Lipinski definition) is 7.